The molecule has 0 fully saturated rings. The number of carbonyl (C=O) groups excluding carboxylic acids is 1. The minimum atomic E-state index is 0.166. The van der Waals surface area contributed by atoms with Gasteiger partial charge in [-0.25, -0.2) is 4.98 Å². The van der Waals surface area contributed by atoms with Gasteiger partial charge in [-0.2, -0.15) is 0 Å². The molecule has 0 N–H and O–H groups in total. The fraction of sp³-hybridized carbons (Fsp3) is 0.467. The van der Waals surface area contributed by atoms with Gasteiger partial charge in [-0.3, -0.25) is 4.79 Å². The van der Waals surface area contributed by atoms with E-state index in [9.17, 15) is 4.79 Å². The molecule has 0 radical (unpaired) electrons. The van der Waals surface area contributed by atoms with Crippen molar-refractivity contribution in [1.29, 1.82) is 0 Å². The number of carbonyl (C=O) groups is 1. The zero-order valence-corrected chi connectivity index (χ0v) is 11.7. The van der Waals surface area contributed by atoms with Gasteiger partial charge in [0.25, 0.3) is 0 Å². The van der Waals surface area contributed by atoms with Crippen molar-refractivity contribution in [2.75, 3.05) is 13.1 Å². The number of aromatic nitrogens is 2. The van der Waals surface area contributed by atoms with Crippen molar-refractivity contribution in [2.45, 2.75) is 33.1 Å². The van der Waals surface area contributed by atoms with Crippen LogP contribution in [0.15, 0.2) is 30.6 Å². The van der Waals surface area contributed by atoms with Crippen LogP contribution in [-0.4, -0.2) is 33.3 Å². The summed E-state index contributed by atoms with van der Waals surface area (Å²) >= 11 is 0. The lowest BCUT2D eigenvalue weighted by molar-refractivity contribution is -0.130. The van der Waals surface area contributed by atoms with Crippen molar-refractivity contribution in [2.24, 2.45) is 0 Å². The van der Waals surface area contributed by atoms with Gasteiger partial charge in [0.2, 0.25) is 5.91 Å². The number of imidazole rings is 1. The van der Waals surface area contributed by atoms with Crippen molar-refractivity contribution in [3.8, 4) is 0 Å². The molecule has 1 amide bonds. The third-order valence-corrected chi connectivity index (χ3v) is 3.26. The van der Waals surface area contributed by atoms with Gasteiger partial charge in [0.15, 0.2) is 0 Å². The van der Waals surface area contributed by atoms with Crippen LogP contribution in [0.3, 0.4) is 0 Å². The largest absolute Gasteiger partial charge is 0.343 e. The Hall–Kier alpha value is -1.84. The van der Waals surface area contributed by atoms with Gasteiger partial charge in [-0.1, -0.05) is 19.4 Å². The number of nitrogens with zero attached hydrogens (tertiary/aromatic N) is 3. The smallest absolute Gasteiger partial charge is 0.228 e. The number of hydrogen-bond acceptors (Lipinski definition) is 2. The van der Waals surface area contributed by atoms with Crippen LogP contribution in [0.2, 0.25) is 0 Å². The molecule has 102 valence electrons. The second-order valence-electron chi connectivity index (χ2n) is 4.70. The molecule has 0 spiro atoms. The second-order valence-corrected chi connectivity index (χ2v) is 4.70. The monoisotopic (exact) mass is 259 g/mol. The quantitative estimate of drug-likeness (QED) is 0.799. The average molecular weight is 259 g/mol. The van der Waals surface area contributed by atoms with Gasteiger partial charge < -0.3 is 9.30 Å². The van der Waals surface area contributed by atoms with E-state index in [0.29, 0.717) is 6.42 Å². The number of hydrogen-bond donors (Lipinski definition) is 0. The summed E-state index contributed by atoms with van der Waals surface area (Å²) in [5.74, 6) is 0.166. The Morgan fingerprint density at radius 1 is 1.37 bits per heavy atom. The summed E-state index contributed by atoms with van der Waals surface area (Å²) in [6.45, 7) is 5.78. The molecule has 2 aromatic rings. The molecule has 0 aliphatic carbocycles. The van der Waals surface area contributed by atoms with Crippen molar-refractivity contribution in [1.82, 2.24) is 14.3 Å². The van der Waals surface area contributed by atoms with E-state index in [4.69, 9.17) is 0 Å². The Morgan fingerprint density at radius 3 is 2.89 bits per heavy atom. The molecular formula is C15H21N3O. The Labute approximate surface area is 114 Å². The van der Waals surface area contributed by atoms with Crippen LogP contribution in [0.5, 0.6) is 0 Å². The fourth-order valence-electron chi connectivity index (χ4n) is 2.15. The lowest BCUT2D eigenvalue weighted by atomic mass is 10.2. The molecule has 0 saturated heterocycles. The highest BCUT2D eigenvalue weighted by atomic mass is 16.2. The van der Waals surface area contributed by atoms with Crippen molar-refractivity contribution in [3.63, 3.8) is 0 Å². The molecule has 0 unspecified atom stereocenters. The minimum absolute atomic E-state index is 0.166. The molecule has 2 heterocycles. The predicted octanol–water partition coefficient (Wildman–Crippen LogP) is 2.53. The third kappa shape index (κ3) is 3.34. The van der Waals surface area contributed by atoms with Crippen LogP contribution in [0, 0.1) is 0 Å². The first-order valence-electron chi connectivity index (χ1n) is 6.95. The average Bonchev–Trinajstić information content (AvgIpc) is 2.81. The number of unbranched alkanes of at least 4 members (excludes halogenated alkanes) is 1. The van der Waals surface area contributed by atoms with Gasteiger partial charge in [-0.05, 0) is 25.5 Å². The summed E-state index contributed by atoms with van der Waals surface area (Å²) in [4.78, 5) is 18.6. The van der Waals surface area contributed by atoms with Crippen molar-refractivity contribution >= 4 is 11.6 Å². The van der Waals surface area contributed by atoms with Crippen LogP contribution < -0.4 is 0 Å². The summed E-state index contributed by atoms with van der Waals surface area (Å²) in [6.07, 6.45) is 6.44. The van der Waals surface area contributed by atoms with Gasteiger partial charge in [0.05, 0.1) is 12.1 Å². The zero-order chi connectivity index (χ0) is 13.7. The topological polar surface area (TPSA) is 37.6 Å². The molecule has 19 heavy (non-hydrogen) atoms. The van der Waals surface area contributed by atoms with Gasteiger partial charge in [0, 0.05) is 25.5 Å². The normalized spacial score (nSPS) is 10.8. The first kappa shape index (κ1) is 13.6. The molecule has 0 aliphatic heterocycles. The zero-order valence-electron chi connectivity index (χ0n) is 11.7. The van der Waals surface area contributed by atoms with Gasteiger partial charge in [-0.15, -0.1) is 0 Å². The number of fused-ring (bicyclic) bond motifs is 1. The standard InChI is InChI=1S/C15H21N3O/c1-3-5-9-17(4-2)15(19)11-13-12-18-10-7-6-8-14(18)16-13/h6-8,10,12H,3-5,9,11H2,1-2H3. The third-order valence-electron chi connectivity index (χ3n) is 3.26. The Morgan fingerprint density at radius 2 is 2.21 bits per heavy atom. The number of rotatable bonds is 6. The van der Waals surface area contributed by atoms with Crippen LogP contribution in [0.1, 0.15) is 32.4 Å². The van der Waals surface area contributed by atoms with E-state index < -0.39 is 0 Å². The van der Waals surface area contributed by atoms with E-state index in [1.165, 1.54) is 0 Å². The molecule has 0 saturated carbocycles. The summed E-state index contributed by atoms with van der Waals surface area (Å²) in [5.41, 5.74) is 1.73. The Bertz CT molecular complexity index is 514. The molecule has 0 atom stereocenters. The first-order chi connectivity index (χ1) is 9.24. The molecule has 4 nitrogen and oxygen atoms in total. The summed E-state index contributed by atoms with van der Waals surface area (Å²) in [5, 5.41) is 0. The van der Waals surface area contributed by atoms with Gasteiger partial charge >= 0.3 is 0 Å². The molecule has 2 rings (SSSR count). The first-order valence-corrected chi connectivity index (χ1v) is 6.95. The van der Waals surface area contributed by atoms with Gasteiger partial charge in [0.1, 0.15) is 5.65 Å². The highest BCUT2D eigenvalue weighted by molar-refractivity contribution is 5.78. The Kier molecular flexibility index (Phi) is 4.55. The summed E-state index contributed by atoms with van der Waals surface area (Å²) in [6, 6.07) is 5.86. The number of pyridine rings is 1. The maximum absolute atomic E-state index is 12.2. The molecule has 4 heteroatoms. The predicted molar refractivity (Wildman–Crippen MR) is 76.1 cm³/mol. The van der Waals surface area contributed by atoms with E-state index in [-0.39, 0.29) is 5.91 Å². The van der Waals surface area contributed by atoms with Crippen LogP contribution in [0.4, 0.5) is 0 Å². The second kappa shape index (κ2) is 6.36. The molecule has 0 bridgehead atoms. The van der Waals surface area contributed by atoms with Crippen LogP contribution in [0.25, 0.3) is 5.65 Å². The van der Waals surface area contributed by atoms with E-state index in [2.05, 4.69) is 11.9 Å². The lowest BCUT2D eigenvalue weighted by Crippen LogP contribution is -2.33. The summed E-state index contributed by atoms with van der Waals surface area (Å²) < 4.78 is 1.95. The number of likely N-dealkylation sites (N-methyl/N-ethyl adjacent to an activating group) is 1. The van der Waals surface area contributed by atoms with Crippen molar-refractivity contribution < 1.29 is 4.79 Å². The minimum Gasteiger partial charge on any atom is -0.343 e. The highest BCUT2D eigenvalue weighted by Crippen LogP contribution is 2.07. The van der Waals surface area contributed by atoms with Crippen molar-refractivity contribution in [3.05, 3.63) is 36.3 Å². The van der Waals surface area contributed by atoms with E-state index in [1.54, 1.807) is 0 Å². The molecule has 0 aliphatic rings. The fourth-order valence-corrected chi connectivity index (χ4v) is 2.15. The van der Waals surface area contributed by atoms with Crippen LogP contribution >= 0.6 is 0 Å². The Balaban J connectivity index is 2.04. The lowest BCUT2D eigenvalue weighted by Gasteiger charge is -2.19. The number of amides is 1. The summed E-state index contributed by atoms with van der Waals surface area (Å²) in [7, 11) is 0. The van der Waals surface area contributed by atoms with Crippen LogP contribution in [-0.2, 0) is 11.2 Å². The SMILES string of the molecule is CCCCN(CC)C(=O)Cc1cn2ccccc2n1. The molecular weight excluding hydrogens is 238 g/mol. The maximum atomic E-state index is 12.2. The van der Waals surface area contributed by atoms with E-state index in [1.807, 2.05) is 46.8 Å². The van der Waals surface area contributed by atoms with E-state index in [0.717, 1.165) is 37.3 Å². The highest BCUT2D eigenvalue weighted by Gasteiger charge is 2.13. The molecule has 2 aromatic heterocycles. The molecule has 0 aromatic carbocycles. The maximum Gasteiger partial charge on any atom is 0.228 e. The van der Waals surface area contributed by atoms with E-state index >= 15 is 0 Å².